The molecule has 0 bridgehead atoms. The Morgan fingerprint density at radius 1 is 1.14 bits per heavy atom. The number of piperidine rings is 1. The van der Waals surface area contributed by atoms with Crippen molar-refractivity contribution in [3.8, 4) is 11.3 Å². The van der Waals surface area contributed by atoms with Crippen molar-refractivity contribution < 1.29 is 13.2 Å². The third-order valence-corrected chi connectivity index (χ3v) is 7.51. The van der Waals surface area contributed by atoms with Gasteiger partial charge in [0.2, 0.25) is 5.95 Å². The first-order valence-electron chi connectivity index (χ1n) is 12.9. The number of nitrogens with zero attached hydrogens (tertiary/aromatic N) is 6. The lowest BCUT2D eigenvalue weighted by atomic mass is 9.91. The maximum Gasteiger partial charge on any atom is 0.275 e. The number of aromatic nitrogens is 4. The first kappa shape index (κ1) is 25.5. The van der Waals surface area contributed by atoms with Crippen molar-refractivity contribution in [1.82, 2.24) is 24.4 Å². The molecule has 2 aliphatic heterocycles. The van der Waals surface area contributed by atoms with Gasteiger partial charge in [-0.05, 0) is 62.5 Å². The first-order valence-corrected chi connectivity index (χ1v) is 12.9. The molecule has 0 amide bonds. The van der Waals surface area contributed by atoms with Crippen LogP contribution in [-0.2, 0) is 6.54 Å². The molecule has 2 fully saturated rings. The molecule has 37 heavy (non-hydrogen) atoms. The third-order valence-electron chi connectivity index (χ3n) is 7.51. The van der Waals surface area contributed by atoms with E-state index in [-0.39, 0.29) is 24.1 Å². The Morgan fingerprint density at radius 2 is 1.92 bits per heavy atom. The highest BCUT2D eigenvalue weighted by molar-refractivity contribution is 5.60. The van der Waals surface area contributed by atoms with Crippen molar-refractivity contribution in [2.75, 3.05) is 43.4 Å². The minimum atomic E-state index is -3.04. The van der Waals surface area contributed by atoms with Crippen molar-refractivity contribution in [3.63, 3.8) is 0 Å². The van der Waals surface area contributed by atoms with Crippen LogP contribution in [0.1, 0.15) is 55.5 Å². The molecule has 2 N–H and O–H groups in total. The van der Waals surface area contributed by atoms with E-state index in [2.05, 4.69) is 14.9 Å². The monoisotopic (exact) mass is 513 g/mol. The number of imidazole rings is 1. The zero-order valence-electron chi connectivity index (χ0n) is 21.6. The van der Waals surface area contributed by atoms with Gasteiger partial charge in [0, 0.05) is 43.2 Å². The lowest BCUT2D eigenvalue weighted by Gasteiger charge is -2.39. The first-order chi connectivity index (χ1) is 17.6. The van der Waals surface area contributed by atoms with Gasteiger partial charge in [0.1, 0.15) is 17.5 Å². The Bertz CT molecular complexity index is 1270. The Hall–Kier alpha value is -3.14. The van der Waals surface area contributed by atoms with Crippen LogP contribution >= 0.6 is 0 Å². The maximum absolute atomic E-state index is 15.9. The summed E-state index contributed by atoms with van der Waals surface area (Å²) in [5.41, 5.74) is 8.42. The molecule has 0 aliphatic carbocycles. The summed E-state index contributed by atoms with van der Waals surface area (Å²) >= 11 is 0. The molecule has 0 radical (unpaired) electrons. The van der Waals surface area contributed by atoms with Gasteiger partial charge in [0.15, 0.2) is 0 Å². The molecule has 2 saturated heterocycles. The third kappa shape index (κ3) is 5.16. The summed E-state index contributed by atoms with van der Waals surface area (Å²) in [4.78, 5) is 17.1. The highest BCUT2D eigenvalue weighted by Crippen LogP contribution is 2.42. The fourth-order valence-corrected chi connectivity index (χ4v) is 5.18. The molecule has 0 saturated carbocycles. The van der Waals surface area contributed by atoms with E-state index < -0.39 is 18.4 Å². The predicted molar refractivity (Wildman–Crippen MR) is 138 cm³/mol. The van der Waals surface area contributed by atoms with E-state index in [0.717, 1.165) is 30.8 Å². The molecule has 198 valence electrons. The largest absolute Gasteiger partial charge is 0.368 e. The van der Waals surface area contributed by atoms with Crippen LogP contribution in [0.5, 0.6) is 0 Å². The molecular formula is C27H34F3N7. The van der Waals surface area contributed by atoms with Crippen molar-refractivity contribution in [3.05, 3.63) is 53.4 Å². The summed E-state index contributed by atoms with van der Waals surface area (Å²) < 4.78 is 47.5. The lowest BCUT2D eigenvalue weighted by Crippen LogP contribution is -2.49. The van der Waals surface area contributed by atoms with E-state index in [1.807, 2.05) is 24.6 Å². The van der Waals surface area contributed by atoms with E-state index in [4.69, 9.17) is 10.7 Å². The molecule has 10 heteroatoms. The van der Waals surface area contributed by atoms with E-state index in [1.54, 1.807) is 30.2 Å². The number of nitrogens with two attached hydrogens (primary N) is 1. The van der Waals surface area contributed by atoms with Crippen LogP contribution in [0.3, 0.4) is 0 Å². The van der Waals surface area contributed by atoms with Crippen molar-refractivity contribution >= 4 is 11.8 Å². The van der Waals surface area contributed by atoms with Gasteiger partial charge < -0.3 is 20.1 Å². The summed E-state index contributed by atoms with van der Waals surface area (Å²) in [6, 6.07) is 4.77. The molecule has 3 aromatic rings. The van der Waals surface area contributed by atoms with Crippen LogP contribution < -0.4 is 10.6 Å². The summed E-state index contributed by atoms with van der Waals surface area (Å²) in [5, 5.41) is 0. The van der Waals surface area contributed by atoms with Gasteiger partial charge >= 0.3 is 0 Å². The Kier molecular flexibility index (Phi) is 6.87. The van der Waals surface area contributed by atoms with Crippen LogP contribution in [-0.4, -0.2) is 63.1 Å². The summed E-state index contributed by atoms with van der Waals surface area (Å²) in [5.74, 6) is -3.38. The zero-order chi connectivity index (χ0) is 26.3. The number of nitrogen functional groups attached to an aromatic ring is 1. The summed E-state index contributed by atoms with van der Waals surface area (Å²) in [6.45, 7) is 9.01. The maximum atomic E-state index is 15.9. The number of likely N-dealkylation sites (tertiary alicyclic amines) is 1. The minimum Gasteiger partial charge on any atom is -0.368 e. The predicted octanol–water partition coefficient (Wildman–Crippen LogP) is 4.83. The van der Waals surface area contributed by atoms with Crippen LogP contribution in [0.15, 0.2) is 30.6 Å². The van der Waals surface area contributed by atoms with E-state index in [9.17, 15) is 4.39 Å². The van der Waals surface area contributed by atoms with Crippen LogP contribution in [0, 0.1) is 12.7 Å². The number of hydrogen-bond donors (Lipinski definition) is 1. The number of alkyl halides is 2. The number of aryl methyl sites for hydroxylation is 1. The second kappa shape index (κ2) is 9.96. The molecular weight excluding hydrogens is 479 g/mol. The number of benzene rings is 1. The van der Waals surface area contributed by atoms with Crippen LogP contribution in [0.4, 0.5) is 24.9 Å². The van der Waals surface area contributed by atoms with Crippen LogP contribution in [0.25, 0.3) is 11.3 Å². The van der Waals surface area contributed by atoms with Gasteiger partial charge in [-0.2, -0.15) is 4.98 Å². The molecule has 5 rings (SSSR count). The number of anilines is 2. The van der Waals surface area contributed by atoms with Gasteiger partial charge in [-0.15, -0.1) is 0 Å². The van der Waals surface area contributed by atoms with E-state index in [1.165, 1.54) is 12.5 Å². The average molecular weight is 514 g/mol. The van der Waals surface area contributed by atoms with Crippen LogP contribution in [0.2, 0.25) is 0 Å². The average Bonchev–Trinajstić information content (AvgIpc) is 3.22. The lowest BCUT2D eigenvalue weighted by molar-refractivity contribution is -0.0370. The molecule has 1 unspecified atom stereocenters. The summed E-state index contributed by atoms with van der Waals surface area (Å²) in [6.07, 6.45) is 4.86. The van der Waals surface area contributed by atoms with Crippen molar-refractivity contribution in [2.45, 2.75) is 57.9 Å². The van der Waals surface area contributed by atoms with E-state index in [0.29, 0.717) is 36.0 Å². The smallest absolute Gasteiger partial charge is 0.275 e. The van der Waals surface area contributed by atoms with Gasteiger partial charge in [0.05, 0.1) is 18.2 Å². The van der Waals surface area contributed by atoms with Crippen molar-refractivity contribution in [2.24, 2.45) is 0 Å². The minimum absolute atomic E-state index is 0.0732. The number of rotatable bonds is 7. The Labute approximate surface area is 215 Å². The molecule has 1 aromatic carbocycles. The van der Waals surface area contributed by atoms with Crippen molar-refractivity contribution in [1.29, 1.82) is 0 Å². The molecule has 7 nitrogen and oxygen atoms in total. The molecule has 0 spiro atoms. The fraction of sp³-hybridized carbons (Fsp3) is 0.519. The second-order valence-corrected chi connectivity index (χ2v) is 10.5. The zero-order valence-corrected chi connectivity index (χ0v) is 21.6. The van der Waals surface area contributed by atoms with E-state index >= 15 is 8.78 Å². The standard InChI is InChI=1S/C27H34F3N7/c1-17(2)20-14-32-26(31)34-24(20)37-10-7-21(27(29,30)16-37)25-33-23(19-5-6-22(28)18(3)13-19)15-36(25)12-11-35-8-4-9-35/h5-6,13-15,17,21H,4,7-12,16H2,1-3H3,(H2,31,32,34). The molecule has 2 aliphatic rings. The molecule has 1 atom stereocenters. The van der Waals surface area contributed by atoms with Gasteiger partial charge in [-0.1, -0.05) is 13.8 Å². The fourth-order valence-electron chi connectivity index (χ4n) is 5.18. The highest BCUT2D eigenvalue weighted by atomic mass is 19.3. The number of halogens is 3. The Balaban J connectivity index is 1.45. The quantitative estimate of drug-likeness (QED) is 0.488. The van der Waals surface area contributed by atoms with Gasteiger partial charge in [0.25, 0.3) is 5.92 Å². The molecule has 2 aromatic heterocycles. The SMILES string of the molecule is Cc1cc(-c2cn(CCN3CCC3)c(C3CCN(c4nc(N)ncc4C(C)C)CC3(F)F)n2)ccc1F. The highest BCUT2D eigenvalue weighted by Gasteiger charge is 2.48. The topological polar surface area (TPSA) is 76.1 Å². The molecule has 4 heterocycles. The Morgan fingerprint density at radius 3 is 2.57 bits per heavy atom. The van der Waals surface area contributed by atoms with Gasteiger partial charge in [-0.25, -0.2) is 23.1 Å². The normalized spacial score (nSPS) is 19.9. The van der Waals surface area contributed by atoms with Gasteiger partial charge in [-0.3, -0.25) is 0 Å². The summed E-state index contributed by atoms with van der Waals surface area (Å²) in [7, 11) is 0. The second-order valence-electron chi connectivity index (χ2n) is 10.5. The number of hydrogen-bond acceptors (Lipinski definition) is 6.